The van der Waals surface area contributed by atoms with Gasteiger partial charge < -0.3 is 9.64 Å². The third-order valence-corrected chi connectivity index (χ3v) is 5.92. The highest BCUT2D eigenvalue weighted by Crippen LogP contribution is 2.25. The van der Waals surface area contributed by atoms with Crippen LogP contribution in [-0.2, 0) is 9.59 Å². The lowest BCUT2D eigenvalue weighted by Gasteiger charge is -2.30. The third kappa shape index (κ3) is 4.89. The van der Waals surface area contributed by atoms with Crippen LogP contribution in [0, 0.1) is 5.92 Å². The fourth-order valence-corrected chi connectivity index (χ4v) is 4.11. The molecule has 2 fully saturated rings. The number of benzene rings is 1. The number of anilines is 1. The van der Waals surface area contributed by atoms with Gasteiger partial charge in [0.1, 0.15) is 5.75 Å². The maximum atomic E-state index is 12.9. The second-order valence-corrected chi connectivity index (χ2v) is 8.07. The van der Waals surface area contributed by atoms with Gasteiger partial charge in [0.15, 0.2) is 6.04 Å². The van der Waals surface area contributed by atoms with Gasteiger partial charge in [0.2, 0.25) is 5.91 Å². The van der Waals surface area contributed by atoms with Crippen LogP contribution < -0.4 is 14.5 Å². The first-order valence-corrected chi connectivity index (χ1v) is 10.5. The number of carbonyl (C=O) groups is 2. The number of imide groups is 1. The average Bonchev–Trinajstić information content (AvgIpc) is 2.97. The predicted molar refractivity (Wildman–Crippen MR) is 106 cm³/mol. The van der Waals surface area contributed by atoms with E-state index in [-0.39, 0.29) is 17.9 Å². The minimum Gasteiger partial charge on any atom is -0.494 e. The Hall–Kier alpha value is -1.88. The molecule has 2 saturated heterocycles. The molecular weight excluding hydrogens is 340 g/mol. The Labute approximate surface area is 162 Å². The number of nitrogens with zero attached hydrogens (tertiary/aromatic N) is 1. The molecule has 1 N–H and O–H groups in total. The Balaban J connectivity index is 1.57. The number of nitrogens with one attached hydrogen (secondary N) is 1. The van der Waals surface area contributed by atoms with Gasteiger partial charge in [0.25, 0.3) is 5.91 Å². The second kappa shape index (κ2) is 9.36. The number of amides is 2. The van der Waals surface area contributed by atoms with Crippen LogP contribution in [-0.4, -0.2) is 37.6 Å². The van der Waals surface area contributed by atoms with Crippen LogP contribution in [0.1, 0.15) is 58.8 Å². The fourth-order valence-electron chi connectivity index (χ4n) is 4.11. The summed E-state index contributed by atoms with van der Waals surface area (Å²) in [5, 5.41) is 0. The summed E-state index contributed by atoms with van der Waals surface area (Å²) in [6, 6.07) is 7.16. The van der Waals surface area contributed by atoms with E-state index in [0.29, 0.717) is 18.7 Å². The maximum Gasteiger partial charge on any atom is 0.292 e. The summed E-state index contributed by atoms with van der Waals surface area (Å²) in [5.74, 6) is 1.40. The molecule has 148 valence electrons. The molecule has 0 radical (unpaired) electrons. The zero-order valence-electron chi connectivity index (χ0n) is 16.7. The summed E-state index contributed by atoms with van der Waals surface area (Å²) < 4.78 is 5.76. The number of hydrogen-bond acceptors (Lipinski definition) is 3. The molecule has 1 atom stereocenters. The van der Waals surface area contributed by atoms with Crippen LogP contribution in [0.4, 0.5) is 5.69 Å². The van der Waals surface area contributed by atoms with Gasteiger partial charge in [-0.15, -0.1) is 0 Å². The van der Waals surface area contributed by atoms with Gasteiger partial charge in [0.05, 0.1) is 31.8 Å². The molecule has 5 heteroatoms. The zero-order valence-corrected chi connectivity index (χ0v) is 16.7. The summed E-state index contributed by atoms with van der Waals surface area (Å²) in [5.41, 5.74) is 0.663. The van der Waals surface area contributed by atoms with Crippen molar-refractivity contribution in [2.24, 2.45) is 5.92 Å². The van der Waals surface area contributed by atoms with Gasteiger partial charge >= 0.3 is 0 Å². The number of unbranched alkanes of at least 4 members (excludes halogenated alkanes) is 3. The molecule has 0 bridgehead atoms. The lowest BCUT2D eigenvalue weighted by atomic mass is 9.97. The van der Waals surface area contributed by atoms with E-state index in [4.69, 9.17) is 4.74 Å². The van der Waals surface area contributed by atoms with E-state index in [1.54, 1.807) is 0 Å². The minimum atomic E-state index is -0.209. The van der Waals surface area contributed by atoms with Crippen molar-refractivity contribution < 1.29 is 19.2 Å². The molecule has 1 aromatic carbocycles. The van der Waals surface area contributed by atoms with Gasteiger partial charge in [-0.2, -0.15) is 0 Å². The Bertz CT molecular complexity index is 635. The normalized spacial score (nSPS) is 25.9. The number of piperidine rings is 1. The van der Waals surface area contributed by atoms with E-state index in [0.717, 1.165) is 44.0 Å². The van der Waals surface area contributed by atoms with Gasteiger partial charge in [-0.05, 0) is 49.4 Å². The summed E-state index contributed by atoms with van der Waals surface area (Å²) in [4.78, 5) is 28.1. The van der Waals surface area contributed by atoms with Crippen molar-refractivity contribution in [3.63, 3.8) is 0 Å². The molecule has 3 rings (SSSR count). The summed E-state index contributed by atoms with van der Waals surface area (Å²) >= 11 is 0. The molecule has 5 nitrogen and oxygen atoms in total. The van der Waals surface area contributed by atoms with Crippen LogP contribution in [0.2, 0.25) is 0 Å². The highest BCUT2D eigenvalue weighted by Gasteiger charge is 2.46. The molecule has 0 aromatic heterocycles. The molecule has 0 aliphatic carbocycles. The third-order valence-electron chi connectivity index (χ3n) is 5.92. The van der Waals surface area contributed by atoms with E-state index in [9.17, 15) is 9.59 Å². The maximum absolute atomic E-state index is 12.9. The number of likely N-dealkylation sites (tertiary alicyclic amines) is 1. The van der Waals surface area contributed by atoms with E-state index >= 15 is 0 Å². The number of ether oxygens (including phenoxy) is 1. The minimum absolute atomic E-state index is 0.0437. The summed E-state index contributed by atoms with van der Waals surface area (Å²) in [6.07, 6.45) is 7.29. The highest BCUT2D eigenvalue weighted by molar-refractivity contribution is 6.21. The Morgan fingerprint density at radius 1 is 1.07 bits per heavy atom. The molecule has 2 aliphatic rings. The Morgan fingerprint density at radius 2 is 1.78 bits per heavy atom. The smallest absolute Gasteiger partial charge is 0.292 e. The van der Waals surface area contributed by atoms with Crippen molar-refractivity contribution in [1.82, 2.24) is 0 Å². The topological polar surface area (TPSA) is 51.0 Å². The van der Waals surface area contributed by atoms with Crippen molar-refractivity contribution in [2.45, 2.75) is 64.8 Å². The van der Waals surface area contributed by atoms with Gasteiger partial charge in [-0.3, -0.25) is 9.59 Å². The quantitative estimate of drug-likeness (QED) is 0.563. The lowest BCUT2D eigenvalue weighted by molar-refractivity contribution is -0.920. The first-order chi connectivity index (χ1) is 13.1. The van der Waals surface area contributed by atoms with Gasteiger partial charge in [-0.25, -0.2) is 4.90 Å². The van der Waals surface area contributed by atoms with Crippen LogP contribution in [0.25, 0.3) is 0 Å². The van der Waals surface area contributed by atoms with Crippen molar-refractivity contribution in [1.29, 1.82) is 0 Å². The van der Waals surface area contributed by atoms with Crippen LogP contribution >= 0.6 is 0 Å². The molecule has 1 aromatic rings. The average molecular weight is 374 g/mol. The number of rotatable bonds is 8. The summed E-state index contributed by atoms with van der Waals surface area (Å²) in [6.45, 7) is 7.14. The van der Waals surface area contributed by atoms with Crippen LogP contribution in [0.3, 0.4) is 0 Å². The van der Waals surface area contributed by atoms with Crippen molar-refractivity contribution >= 4 is 17.5 Å². The standard InChI is InChI=1S/C22H32N2O3/c1-3-4-5-6-15-27-19-9-7-18(8-10-19)24-21(25)16-20(22(24)26)23-13-11-17(2)12-14-23/h7-10,17,20H,3-6,11-16H2,1-2H3/p+1/t20-/m1/s1. The molecule has 0 spiro atoms. The van der Waals surface area contributed by atoms with Crippen molar-refractivity contribution in [3.8, 4) is 5.75 Å². The van der Waals surface area contributed by atoms with E-state index in [1.165, 1.54) is 29.1 Å². The molecular formula is C22H33N2O3+. The number of carbonyl (C=O) groups excluding carboxylic acids is 2. The summed E-state index contributed by atoms with van der Waals surface area (Å²) in [7, 11) is 0. The first kappa shape index (κ1) is 19.9. The molecule has 2 amide bonds. The predicted octanol–water partition coefficient (Wildman–Crippen LogP) is 2.59. The monoisotopic (exact) mass is 373 g/mol. The fraction of sp³-hybridized carbons (Fsp3) is 0.636. The van der Waals surface area contributed by atoms with E-state index in [2.05, 4.69) is 13.8 Å². The molecule has 2 heterocycles. The van der Waals surface area contributed by atoms with Crippen LogP contribution in [0.5, 0.6) is 5.75 Å². The van der Waals surface area contributed by atoms with Gasteiger partial charge in [-0.1, -0.05) is 33.1 Å². The highest BCUT2D eigenvalue weighted by atomic mass is 16.5. The van der Waals surface area contributed by atoms with E-state index < -0.39 is 0 Å². The lowest BCUT2D eigenvalue weighted by Crippen LogP contribution is -3.17. The van der Waals surface area contributed by atoms with E-state index in [1.807, 2.05) is 24.3 Å². The largest absolute Gasteiger partial charge is 0.494 e. The van der Waals surface area contributed by atoms with Crippen molar-refractivity contribution in [2.75, 3.05) is 24.6 Å². The molecule has 27 heavy (non-hydrogen) atoms. The second-order valence-electron chi connectivity index (χ2n) is 8.07. The number of quaternary nitrogens is 1. The molecule has 0 unspecified atom stereocenters. The first-order valence-electron chi connectivity index (χ1n) is 10.5. The Morgan fingerprint density at radius 3 is 2.44 bits per heavy atom. The Kier molecular flexibility index (Phi) is 6.89. The molecule has 0 saturated carbocycles. The SMILES string of the molecule is CCCCCCOc1ccc(N2C(=O)C[C@@H]([NH+]3CCC(C)CC3)C2=O)cc1. The van der Waals surface area contributed by atoms with Gasteiger partial charge in [0, 0.05) is 0 Å². The number of hydrogen-bond donors (Lipinski definition) is 1. The van der Waals surface area contributed by atoms with Crippen molar-refractivity contribution in [3.05, 3.63) is 24.3 Å². The van der Waals surface area contributed by atoms with Crippen LogP contribution in [0.15, 0.2) is 24.3 Å². The zero-order chi connectivity index (χ0) is 19.2. The molecule has 2 aliphatic heterocycles.